The highest BCUT2D eigenvalue weighted by Gasteiger charge is 2.14. The van der Waals surface area contributed by atoms with Crippen molar-refractivity contribution in [2.24, 2.45) is 0 Å². The first kappa shape index (κ1) is 14.1. The van der Waals surface area contributed by atoms with Crippen LogP contribution in [0.4, 0.5) is 4.79 Å². The Kier molecular flexibility index (Phi) is 5.79. The molecule has 0 aromatic carbocycles. The lowest BCUT2D eigenvalue weighted by Gasteiger charge is -2.13. The molecular weight excluding hydrogens is 232 g/mol. The molecule has 18 heavy (non-hydrogen) atoms. The first-order chi connectivity index (χ1) is 8.63. The predicted octanol–water partition coefficient (Wildman–Crippen LogP) is 0.405. The molecule has 0 saturated heterocycles. The Labute approximate surface area is 106 Å². The van der Waals surface area contributed by atoms with Gasteiger partial charge in [-0.2, -0.15) is 0 Å². The average molecular weight is 250 g/mol. The molecule has 0 fully saturated rings. The minimum absolute atomic E-state index is 0.364. The van der Waals surface area contributed by atoms with Gasteiger partial charge in [0.25, 0.3) is 0 Å². The monoisotopic (exact) mass is 250 g/mol. The van der Waals surface area contributed by atoms with Crippen molar-refractivity contribution in [3.8, 4) is 0 Å². The number of carbonyl (C=O) groups is 2. The van der Waals surface area contributed by atoms with Crippen molar-refractivity contribution in [1.82, 2.24) is 20.9 Å². The van der Waals surface area contributed by atoms with Crippen molar-refractivity contribution in [1.29, 1.82) is 0 Å². The molecule has 0 spiro atoms. The van der Waals surface area contributed by atoms with Gasteiger partial charge in [-0.15, -0.1) is 0 Å². The maximum atomic E-state index is 11.6. The molecular formula is C12H18N4O2. The van der Waals surface area contributed by atoms with Crippen LogP contribution < -0.4 is 16.0 Å². The van der Waals surface area contributed by atoms with Gasteiger partial charge in [0.1, 0.15) is 0 Å². The summed E-state index contributed by atoms with van der Waals surface area (Å²) in [4.78, 5) is 26.9. The van der Waals surface area contributed by atoms with E-state index in [1.54, 1.807) is 20.0 Å². The van der Waals surface area contributed by atoms with Crippen molar-refractivity contribution in [3.63, 3.8) is 0 Å². The third kappa shape index (κ3) is 4.92. The van der Waals surface area contributed by atoms with Crippen LogP contribution in [0, 0.1) is 0 Å². The molecule has 1 aromatic rings. The van der Waals surface area contributed by atoms with Crippen LogP contribution in [0.5, 0.6) is 0 Å². The molecule has 0 radical (unpaired) electrons. The Bertz CT molecular complexity index is 394. The fraction of sp³-hybridized carbons (Fsp3) is 0.417. The van der Waals surface area contributed by atoms with Crippen LogP contribution in [0.25, 0.3) is 0 Å². The number of nitrogens with one attached hydrogen (secondary N) is 3. The third-order valence-corrected chi connectivity index (χ3v) is 2.28. The lowest BCUT2D eigenvalue weighted by Crippen LogP contribution is -2.47. The quantitative estimate of drug-likeness (QED) is 0.706. The largest absolute Gasteiger partial charge is 0.338 e. The van der Waals surface area contributed by atoms with E-state index in [1.807, 2.05) is 18.2 Å². The molecule has 1 atom stereocenters. The first-order valence-electron chi connectivity index (χ1n) is 5.85. The van der Waals surface area contributed by atoms with E-state index in [2.05, 4.69) is 20.9 Å². The molecule has 6 nitrogen and oxygen atoms in total. The summed E-state index contributed by atoms with van der Waals surface area (Å²) in [7, 11) is 0. The van der Waals surface area contributed by atoms with E-state index in [0.29, 0.717) is 13.1 Å². The summed E-state index contributed by atoms with van der Waals surface area (Å²) in [5.74, 6) is -0.364. The van der Waals surface area contributed by atoms with Gasteiger partial charge < -0.3 is 10.6 Å². The molecule has 1 heterocycles. The number of imide groups is 1. The average Bonchev–Trinajstić information content (AvgIpc) is 2.37. The van der Waals surface area contributed by atoms with Crippen LogP contribution in [0.3, 0.4) is 0 Å². The van der Waals surface area contributed by atoms with Crippen molar-refractivity contribution in [2.75, 3.05) is 6.54 Å². The number of aromatic nitrogens is 1. The first-order valence-corrected chi connectivity index (χ1v) is 5.85. The van der Waals surface area contributed by atoms with Gasteiger partial charge in [0.05, 0.1) is 11.7 Å². The van der Waals surface area contributed by atoms with Crippen LogP contribution in [-0.4, -0.2) is 29.5 Å². The normalized spacial score (nSPS) is 11.7. The highest BCUT2D eigenvalue weighted by Crippen LogP contribution is 1.93. The topological polar surface area (TPSA) is 83.1 Å². The molecule has 6 heteroatoms. The Balaban J connectivity index is 2.34. The standard InChI is InChI=1S/C12H18N4O2/c1-3-13-12(18)16-11(17)9(2)15-8-10-6-4-5-7-14-10/h4-7,9,15H,3,8H2,1-2H3,(H2,13,16,17,18). The molecule has 3 amide bonds. The van der Waals surface area contributed by atoms with Crippen LogP contribution >= 0.6 is 0 Å². The van der Waals surface area contributed by atoms with Crippen LogP contribution in [0.1, 0.15) is 19.5 Å². The van der Waals surface area contributed by atoms with Crippen molar-refractivity contribution < 1.29 is 9.59 Å². The highest BCUT2D eigenvalue weighted by atomic mass is 16.2. The molecule has 0 aliphatic heterocycles. The Morgan fingerprint density at radius 1 is 1.39 bits per heavy atom. The number of nitrogens with zero attached hydrogens (tertiary/aromatic N) is 1. The number of amides is 3. The van der Waals surface area contributed by atoms with Crippen LogP contribution in [0.15, 0.2) is 24.4 Å². The molecule has 0 aliphatic carbocycles. The van der Waals surface area contributed by atoms with E-state index in [1.165, 1.54) is 0 Å². The Hall–Kier alpha value is -1.95. The number of pyridine rings is 1. The summed E-state index contributed by atoms with van der Waals surface area (Å²) in [5, 5.41) is 7.73. The second-order valence-corrected chi connectivity index (χ2v) is 3.77. The Morgan fingerprint density at radius 2 is 2.17 bits per heavy atom. The van der Waals surface area contributed by atoms with E-state index < -0.39 is 12.1 Å². The van der Waals surface area contributed by atoms with E-state index in [9.17, 15) is 9.59 Å². The van der Waals surface area contributed by atoms with E-state index >= 15 is 0 Å². The molecule has 0 aliphatic rings. The summed E-state index contributed by atoms with van der Waals surface area (Å²) < 4.78 is 0. The zero-order valence-electron chi connectivity index (χ0n) is 10.6. The smallest absolute Gasteiger partial charge is 0.321 e. The number of urea groups is 1. The van der Waals surface area contributed by atoms with Gasteiger partial charge in [-0.25, -0.2) is 4.79 Å². The molecule has 3 N–H and O–H groups in total. The lowest BCUT2D eigenvalue weighted by atomic mass is 10.3. The maximum absolute atomic E-state index is 11.6. The molecule has 1 rings (SSSR count). The number of carbonyl (C=O) groups excluding carboxylic acids is 2. The zero-order chi connectivity index (χ0) is 13.4. The van der Waals surface area contributed by atoms with Crippen molar-refractivity contribution in [3.05, 3.63) is 30.1 Å². The van der Waals surface area contributed by atoms with Gasteiger partial charge in [0.2, 0.25) is 5.91 Å². The number of hydrogen-bond donors (Lipinski definition) is 3. The number of hydrogen-bond acceptors (Lipinski definition) is 4. The summed E-state index contributed by atoms with van der Waals surface area (Å²) in [6.45, 7) is 4.43. The zero-order valence-corrected chi connectivity index (χ0v) is 10.6. The predicted molar refractivity (Wildman–Crippen MR) is 67.8 cm³/mol. The van der Waals surface area contributed by atoms with Gasteiger partial charge in [-0.05, 0) is 26.0 Å². The molecule has 98 valence electrons. The second-order valence-electron chi connectivity index (χ2n) is 3.77. The fourth-order valence-corrected chi connectivity index (χ4v) is 1.28. The van der Waals surface area contributed by atoms with E-state index in [4.69, 9.17) is 0 Å². The minimum atomic E-state index is -0.478. The Morgan fingerprint density at radius 3 is 2.78 bits per heavy atom. The summed E-state index contributed by atoms with van der Waals surface area (Å²) in [5.41, 5.74) is 0.843. The third-order valence-electron chi connectivity index (χ3n) is 2.28. The van der Waals surface area contributed by atoms with Gasteiger partial charge in [-0.1, -0.05) is 6.07 Å². The lowest BCUT2D eigenvalue weighted by molar-refractivity contribution is -0.121. The van der Waals surface area contributed by atoms with Crippen LogP contribution in [-0.2, 0) is 11.3 Å². The van der Waals surface area contributed by atoms with E-state index in [0.717, 1.165) is 5.69 Å². The minimum Gasteiger partial charge on any atom is -0.338 e. The van der Waals surface area contributed by atoms with Crippen molar-refractivity contribution in [2.45, 2.75) is 26.4 Å². The fourth-order valence-electron chi connectivity index (χ4n) is 1.28. The molecule has 0 saturated carbocycles. The van der Waals surface area contributed by atoms with E-state index in [-0.39, 0.29) is 5.91 Å². The van der Waals surface area contributed by atoms with Gasteiger partial charge in [0.15, 0.2) is 0 Å². The van der Waals surface area contributed by atoms with Crippen LogP contribution in [0.2, 0.25) is 0 Å². The summed E-state index contributed by atoms with van der Waals surface area (Å²) in [6.07, 6.45) is 1.69. The number of rotatable bonds is 5. The molecule has 0 bridgehead atoms. The van der Waals surface area contributed by atoms with Gasteiger partial charge in [0, 0.05) is 19.3 Å². The highest BCUT2D eigenvalue weighted by molar-refractivity contribution is 5.96. The second kappa shape index (κ2) is 7.39. The SMILES string of the molecule is CCNC(=O)NC(=O)C(C)NCc1ccccn1. The molecule has 1 unspecified atom stereocenters. The summed E-state index contributed by atoms with van der Waals surface area (Å²) >= 11 is 0. The summed E-state index contributed by atoms with van der Waals surface area (Å²) in [6, 6.07) is 4.63. The maximum Gasteiger partial charge on any atom is 0.321 e. The van der Waals surface area contributed by atoms with Crippen molar-refractivity contribution >= 4 is 11.9 Å². The van der Waals surface area contributed by atoms with Gasteiger partial charge >= 0.3 is 6.03 Å². The molecule has 1 aromatic heterocycles. The van der Waals surface area contributed by atoms with Gasteiger partial charge in [-0.3, -0.25) is 15.1 Å².